The molecular weight excluding hydrogens is 490 g/mol. The minimum atomic E-state index is -0.803. The summed E-state index contributed by atoms with van der Waals surface area (Å²) in [5.41, 5.74) is 2.33. The summed E-state index contributed by atoms with van der Waals surface area (Å²) < 4.78 is 5.51. The molecule has 3 amide bonds. The Morgan fingerprint density at radius 2 is 1.69 bits per heavy atom. The molecule has 0 bridgehead atoms. The molecule has 1 aromatic rings. The average molecular weight is 544 g/mol. The average Bonchev–Trinajstić information content (AvgIpc) is 2.87. The predicted molar refractivity (Wildman–Crippen MR) is 158 cm³/mol. The smallest absolute Gasteiger partial charge is 0.408 e. The Bertz CT molecular complexity index is 949. The van der Waals surface area contributed by atoms with Gasteiger partial charge in [0, 0.05) is 12.6 Å². The minimum absolute atomic E-state index is 0.123. The van der Waals surface area contributed by atoms with Gasteiger partial charge in [0.1, 0.15) is 17.7 Å². The molecule has 1 aliphatic carbocycles. The van der Waals surface area contributed by atoms with Gasteiger partial charge in [0.25, 0.3) is 0 Å². The molecule has 0 spiro atoms. The molecule has 2 rings (SSSR count). The molecule has 1 aromatic carbocycles. The molecule has 7 nitrogen and oxygen atoms in total. The first-order chi connectivity index (χ1) is 18.4. The number of nitrogens with zero attached hydrogens (tertiary/aromatic N) is 1. The zero-order valence-corrected chi connectivity index (χ0v) is 25.7. The summed E-state index contributed by atoms with van der Waals surface area (Å²) in [6.45, 7) is 16.0. The fraction of sp³-hybridized carbons (Fsp3) is 0.719. The SMILES string of the molecule is CCCCCN(C(=O)C(NC(=O)OC(C)(C)C)C(C)CC)C(C(=O)NC1CCCCC1)c1ccc(C)c(C)c1. The van der Waals surface area contributed by atoms with E-state index in [2.05, 4.69) is 17.6 Å². The minimum Gasteiger partial charge on any atom is -0.444 e. The number of rotatable bonds is 12. The van der Waals surface area contributed by atoms with Crippen molar-refractivity contribution in [3.63, 3.8) is 0 Å². The van der Waals surface area contributed by atoms with E-state index >= 15 is 0 Å². The standard InChI is InChI=1S/C32H53N3O4/c1-9-11-15-20-35(30(37)27(22(3)10-2)34-31(38)39-32(6,7)8)28(25-19-18-23(4)24(5)21-25)29(36)33-26-16-13-12-14-17-26/h18-19,21-22,26-28H,9-17,20H2,1-8H3,(H,33,36)(H,34,38). The molecule has 1 fully saturated rings. The molecule has 2 N–H and O–H groups in total. The van der Waals surface area contributed by atoms with Crippen LogP contribution in [0.1, 0.15) is 122 Å². The molecule has 1 saturated carbocycles. The highest BCUT2D eigenvalue weighted by molar-refractivity contribution is 5.92. The number of hydrogen-bond acceptors (Lipinski definition) is 4. The first kappa shape index (κ1) is 32.6. The lowest BCUT2D eigenvalue weighted by Gasteiger charge is -2.37. The molecule has 0 saturated heterocycles. The summed E-state index contributed by atoms with van der Waals surface area (Å²) in [4.78, 5) is 42.9. The molecule has 0 heterocycles. The van der Waals surface area contributed by atoms with E-state index in [9.17, 15) is 14.4 Å². The number of amides is 3. The second-order valence-electron chi connectivity index (χ2n) is 12.3. The lowest BCUT2D eigenvalue weighted by atomic mass is 9.93. The summed E-state index contributed by atoms with van der Waals surface area (Å²) in [6.07, 6.45) is 8.12. The van der Waals surface area contributed by atoms with Crippen molar-refractivity contribution in [3.05, 3.63) is 34.9 Å². The summed E-state index contributed by atoms with van der Waals surface area (Å²) >= 11 is 0. The molecule has 3 unspecified atom stereocenters. The lowest BCUT2D eigenvalue weighted by molar-refractivity contribution is -0.144. The third kappa shape index (κ3) is 10.2. The number of aryl methyl sites for hydroxylation is 2. The van der Waals surface area contributed by atoms with E-state index in [1.807, 2.05) is 45.9 Å². The van der Waals surface area contributed by atoms with Gasteiger partial charge < -0.3 is 20.3 Å². The molecule has 0 aromatic heterocycles. The van der Waals surface area contributed by atoms with E-state index in [-0.39, 0.29) is 23.8 Å². The molecule has 39 heavy (non-hydrogen) atoms. The van der Waals surface area contributed by atoms with Crippen LogP contribution in [-0.2, 0) is 14.3 Å². The van der Waals surface area contributed by atoms with Gasteiger partial charge in [0.05, 0.1) is 0 Å². The summed E-state index contributed by atoms with van der Waals surface area (Å²) in [7, 11) is 0. The van der Waals surface area contributed by atoms with E-state index < -0.39 is 23.8 Å². The maximum absolute atomic E-state index is 14.4. The zero-order chi connectivity index (χ0) is 29.2. The Labute approximate surface area is 236 Å². The number of ether oxygens (including phenoxy) is 1. The van der Waals surface area contributed by atoms with Crippen LogP contribution in [0.2, 0.25) is 0 Å². The molecule has 1 aliphatic rings. The van der Waals surface area contributed by atoms with Crippen molar-refractivity contribution in [2.24, 2.45) is 5.92 Å². The molecular formula is C32H53N3O4. The number of nitrogens with one attached hydrogen (secondary N) is 2. The lowest BCUT2D eigenvalue weighted by Crippen LogP contribution is -2.56. The van der Waals surface area contributed by atoms with Crippen molar-refractivity contribution >= 4 is 17.9 Å². The van der Waals surface area contributed by atoms with E-state index in [1.54, 1.807) is 25.7 Å². The van der Waals surface area contributed by atoms with Gasteiger partial charge in [-0.2, -0.15) is 0 Å². The second-order valence-corrected chi connectivity index (χ2v) is 12.3. The van der Waals surface area contributed by atoms with Crippen LogP contribution in [0.4, 0.5) is 4.79 Å². The maximum atomic E-state index is 14.4. The van der Waals surface area contributed by atoms with Gasteiger partial charge in [-0.15, -0.1) is 0 Å². The van der Waals surface area contributed by atoms with Gasteiger partial charge in [-0.25, -0.2) is 4.79 Å². The van der Waals surface area contributed by atoms with Crippen molar-refractivity contribution in [1.82, 2.24) is 15.5 Å². The molecule has 220 valence electrons. The number of hydrogen-bond donors (Lipinski definition) is 2. The molecule has 3 atom stereocenters. The van der Waals surface area contributed by atoms with E-state index in [1.165, 1.54) is 6.42 Å². The van der Waals surface area contributed by atoms with Crippen molar-refractivity contribution in [2.45, 2.75) is 137 Å². The number of benzene rings is 1. The fourth-order valence-electron chi connectivity index (χ4n) is 5.13. The highest BCUT2D eigenvalue weighted by atomic mass is 16.6. The van der Waals surface area contributed by atoms with Crippen LogP contribution in [0.3, 0.4) is 0 Å². The summed E-state index contributed by atoms with van der Waals surface area (Å²) in [5.74, 6) is -0.524. The summed E-state index contributed by atoms with van der Waals surface area (Å²) in [6, 6.07) is 4.56. The van der Waals surface area contributed by atoms with Gasteiger partial charge in [-0.1, -0.05) is 77.5 Å². The van der Waals surface area contributed by atoms with E-state index in [0.717, 1.165) is 61.6 Å². The summed E-state index contributed by atoms with van der Waals surface area (Å²) in [5, 5.41) is 6.14. The predicted octanol–water partition coefficient (Wildman–Crippen LogP) is 6.75. The highest BCUT2D eigenvalue weighted by Crippen LogP contribution is 2.28. The molecule has 7 heteroatoms. The number of carbonyl (C=O) groups is 3. The van der Waals surface area contributed by atoms with Gasteiger partial charge in [-0.3, -0.25) is 9.59 Å². The second kappa shape index (κ2) is 15.3. The number of alkyl carbamates (subject to hydrolysis) is 1. The van der Waals surface area contributed by atoms with Crippen molar-refractivity contribution in [1.29, 1.82) is 0 Å². The first-order valence-electron chi connectivity index (χ1n) is 15.0. The largest absolute Gasteiger partial charge is 0.444 e. The first-order valence-corrected chi connectivity index (χ1v) is 15.0. The highest BCUT2D eigenvalue weighted by Gasteiger charge is 2.38. The van der Waals surface area contributed by atoms with Gasteiger partial charge >= 0.3 is 6.09 Å². The monoisotopic (exact) mass is 543 g/mol. The van der Waals surface area contributed by atoms with Crippen LogP contribution < -0.4 is 10.6 Å². The normalized spacial score (nSPS) is 16.6. The van der Waals surface area contributed by atoms with Crippen molar-refractivity contribution in [3.8, 4) is 0 Å². The van der Waals surface area contributed by atoms with E-state index in [0.29, 0.717) is 13.0 Å². The van der Waals surface area contributed by atoms with Crippen molar-refractivity contribution in [2.75, 3.05) is 6.54 Å². The van der Waals surface area contributed by atoms with Crippen LogP contribution in [0, 0.1) is 19.8 Å². The van der Waals surface area contributed by atoms with Crippen LogP contribution in [0.15, 0.2) is 18.2 Å². The van der Waals surface area contributed by atoms with Crippen LogP contribution in [0.25, 0.3) is 0 Å². The Hall–Kier alpha value is -2.57. The molecule has 0 radical (unpaired) electrons. The maximum Gasteiger partial charge on any atom is 0.408 e. The van der Waals surface area contributed by atoms with Crippen LogP contribution >= 0.6 is 0 Å². The third-order valence-electron chi connectivity index (χ3n) is 7.80. The number of unbranched alkanes of at least 4 members (excludes halogenated alkanes) is 2. The quantitative estimate of drug-likeness (QED) is 0.285. The molecule has 0 aliphatic heterocycles. The van der Waals surface area contributed by atoms with Gasteiger partial charge in [0.2, 0.25) is 11.8 Å². The zero-order valence-electron chi connectivity index (χ0n) is 25.7. The van der Waals surface area contributed by atoms with E-state index in [4.69, 9.17) is 4.74 Å². The Balaban J connectivity index is 2.51. The van der Waals surface area contributed by atoms with Crippen LogP contribution in [-0.4, -0.2) is 47.0 Å². The van der Waals surface area contributed by atoms with Gasteiger partial charge in [0.15, 0.2) is 0 Å². The third-order valence-corrected chi connectivity index (χ3v) is 7.80. The Kier molecular flexibility index (Phi) is 12.8. The fourth-order valence-corrected chi connectivity index (χ4v) is 5.13. The van der Waals surface area contributed by atoms with Gasteiger partial charge in [-0.05, 0) is 76.5 Å². The Morgan fingerprint density at radius 1 is 1.03 bits per heavy atom. The van der Waals surface area contributed by atoms with Crippen molar-refractivity contribution < 1.29 is 19.1 Å². The van der Waals surface area contributed by atoms with Crippen LogP contribution in [0.5, 0.6) is 0 Å². The topological polar surface area (TPSA) is 87.7 Å². The number of carbonyl (C=O) groups excluding carboxylic acids is 3. The Morgan fingerprint density at radius 3 is 2.26 bits per heavy atom.